The molecule has 1 heterocycles. The molecular weight excluding hydrogens is 352 g/mol. The zero-order valence-corrected chi connectivity index (χ0v) is 17.0. The summed E-state index contributed by atoms with van der Waals surface area (Å²) in [5, 5.41) is 5.19. The van der Waals surface area contributed by atoms with E-state index < -0.39 is 47.5 Å². The number of carbonyl (C=O) groups is 4. The van der Waals surface area contributed by atoms with Crippen molar-refractivity contribution in [3.8, 4) is 0 Å². The van der Waals surface area contributed by atoms with Gasteiger partial charge in [0.25, 0.3) is 0 Å². The standard InChI is InChI=1S/C18H32N4O5/c1-10(2)13(16(25)20-11(3)14(19)23)21-15(24)12-8-7-9-22(12)17(26)27-18(4,5)6/h10-13H,7-9H2,1-6H3,(H2,19,23)(H,20,25)(H,21,24)/t11-,12+,13+/m1/s1. The first-order valence-electron chi connectivity index (χ1n) is 9.23. The van der Waals surface area contributed by atoms with E-state index in [0.717, 1.165) is 0 Å². The molecule has 0 unspecified atom stereocenters. The van der Waals surface area contributed by atoms with Crippen molar-refractivity contribution >= 4 is 23.8 Å². The number of nitrogens with two attached hydrogens (primary N) is 1. The normalized spacial score (nSPS) is 19.4. The smallest absolute Gasteiger partial charge is 0.410 e. The summed E-state index contributed by atoms with van der Waals surface area (Å²) in [6.45, 7) is 10.7. The fourth-order valence-electron chi connectivity index (χ4n) is 2.74. The average molecular weight is 384 g/mol. The van der Waals surface area contributed by atoms with Gasteiger partial charge in [-0.25, -0.2) is 4.79 Å². The summed E-state index contributed by atoms with van der Waals surface area (Å²) in [6, 6.07) is -2.39. The van der Waals surface area contributed by atoms with Gasteiger partial charge in [0.15, 0.2) is 0 Å². The molecule has 1 rings (SSSR count). The Labute approximate surface area is 160 Å². The highest BCUT2D eigenvalue weighted by Crippen LogP contribution is 2.21. The van der Waals surface area contributed by atoms with Crippen LogP contribution in [0.3, 0.4) is 0 Å². The molecular formula is C18H32N4O5. The van der Waals surface area contributed by atoms with Crippen molar-refractivity contribution in [3.63, 3.8) is 0 Å². The van der Waals surface area contributed by atoms with Crippen LogP contribution in [0.4, 0.5) is 4.79 Å². The summed E-state index contributed by atoms with van der Waals surface area (Å²) >= 11 is 0. The van der Waals surface area contributed by atoms with Crippen LogP contribution in [0.1, 0.15) is 54.4 Å². The summed E-state index contributed by atoms with van der Waals surface area (Å²) in [4.78, 5) is 50.0. The van der Waals surface area contributed by atoms with E-state index in [2.05, 4.69) is 10.6 Å². The Hall–Kier alpha value is -2.32. The zero-order chi connectivity index (χ0) is 20.9. The lowest BCUT2D eigenvalue weighted by Gasteiger charge is -2.30. The number of nitrogens with zero attached hydrogens (tertiary/aromatic N) is 1. The van der Waals surface area contributed by atoms with Crippen molar-refractivity contribution in [1.29, 1.82) is 0 Å². The van der Waals surface area contributed by atoms with Crippen molar-refractivity contribution in [2.75, 3.05) is 6.54 Å². The molecule has 1 aliphatic rings. The minimum absolute atomic E-state index is 0.217. The van der Waals surface area contributed by atoms with E-state index in [1.807, 2.05) is 0 Å². The lowest BCUT2D eigenvalue weighted by atomic mass is 10.0. The van der Waals surface area contributed by atoms with Gasteiger partial charge in [-0.15, -0.1) is 0 Å². The Morgan fingerprint density at radius 1 is 1.11 bits per heavy atom. The minimum Gasteiger partial charge on any atom is -0.444 e. The third-order valence-electron chi connectivity index (χ3n) is 4.22. The van der Waals surface area contributed by atoms with Crippen LogP contribution < -0.4 is 16.4 Å². The number of carbonyl (C=O) groups excluding carboxylic acids is 4. The number of ether oxygens (including phenoxy) is 1. The molecule has 1 fully saturated rings. The van der Waals surface area contributed by atoms with Gasteiger partial charge in [0, 0.05) is 6.54 Å². The van der Waals surface area contributed by atoms with Crippen LogP contribution in [0.15, 0.2) is 0 Å². The van der Waals surface area contributed by atoms with Gasteiger partial charge in [0.2, 0.25) is 17.7 Å². The summed E-state index contributed by atoms with van der Waals surface area (Å²) in [6.07, 6.45) is 0.622. The van der Waals surface area contributed by atoms with Gasteiger partial charge in [0.05, 0.1) is 0 Å². The van der Waals surface area contributed by atoms with Crippen LogP contribution in [0.5, 0.6) is 0 Å². The molecule has 1 saturated heterocycles. The van der Waals surface area contributed by atoms with Crippen LogP contribution >= 0.6 is 0 Å². The van der Waals surface area contributed by atoms with Gasteiger partial charge >= 0.3 is 6.09 Å². The molecule has 4 N–H and O–H groups in total. The molecule has 154 valence electrons. The van der Waals surface area contributed by atoms with Gasteiger partial charge in [-0.2, -0.15) is 0 Å². The van der Waals surface area contributed by atoms with Crippen molar-refractivity contribution in [2.24, 2.45) is 11.7 Å². The van der Waals surface area contributed by atoms with Crippen LogP contribution in [-0.2, 0) is 19.1 Å². The number of nitrogens with one attached hydrogen (secondary N) is 2. The number of rotatable bonds is 6. The molecule has 9 nitrogen and oxygen atoms in total. The van der Waals surface area contributed by atoms with Gasteiger partial charge in [-0.05, 0) is 46.5 Å². The van der Waals surface area contributed by atoms with Gasteiger partial charge in [-0.3, -0.25) is 19.3 Å². The highest BCUT2D eigenvalue weighted by molar-refractivity contribution is 5.93. The van der Waals surface area contributed by atoms with Crippen molar-refractivity contribution in [2.45, 2.75) is 78.1 Å². The van der Waals surface area contributed by atoms with Crippen LogP contribution in [0, 0.1) is 5.92 Å². The third kappa shape index (κ3) is 6.73. The second kappa shape index (κ2) is 9.05. The van der Waals surface area contributed by atoms with E-state index in [-0.39, 0.29) is 5.92 Å². The summed E-state index contributed by atoms with van der Waals surface area (Å²) in [7, 11) is 0. The van der Waals surface area contributed by atoms with Crippen LogP contribution in [0.2, 0.25) is 0 Å². The number of primary amides is 1. The Bertz CT molecular complexity index is 585. The maximum Gasteiger partial charge on any atom is 0.410 e. The van der Waals surface area contributed by atoms with Crippen LogP contribution in [-0.4, -0.2) is 59.0 Å². The largest absolute Gasteiger partial charge is 0.444 e. The Kier molecular flexibility index (Phi) is 7.62. The first kappa shape index (κ1) is 22.7. The van der Waals surface area contributed by atoms with E-state index in [1.54, 1.807) is 34.6 Å². The average Bonchev–Trinajstić information content (AvgIpc) is 2.99. The highest BCUT2D eigenvalue weighted by Gasteiger charge is 2.38. The minimum atomic E-state index is -0.847. The summed E-state index contributed by atoms with van der Waals surface area (Å²) in [5.74, 6) is -1.79. The molecule has 0 saturated carbocycles. The molecule has 1 aliphatic heterocycles. The van der Waals surface area contributed by atoms with E-state index in [9.17, 15) is 19.2 Å². The molecule has 27 heavy (non-hydrogen) atoms. The first-order valence-corrected chi connectivity index (χ1v) is 9.23. The Morgan fingerprint density at radius 2 is 1.70 bits per heavy atom. The van der Waals surface area contributed by atoms with Crippen molar-refractivity contribution in [1.82, 2.24) is 15.5 Å². The van der Waals surface area contributed by atoms with E-state index in [4.69, 9.17) is 10.5 Å². The maximum atomic E-state index is 12.7. The molecule has 0 aliphatic carbocycles. The molecule has 0 spiro atoms. The Morgan fingerprint density at radius 3 is 2.19 bits per heavy atom. The second-order valence-electron chi connectivity index (χ2n) is 8.19. The fraction of sp³-hybridized carbons (Fsp3) is 0.778. The third-order valence-corrected chi connectivity index (χ3v) is 4.22. The summed E-state index contributed by atoms with van der Waals surface area (Å²) in [5.41, 5.74) is 4.50. The molecule has 0 bridgehead atoms. The monoisotopic (exact) mass is 384 g/mol. The maximum absolute atomic E-state index is 12.7. The number of hydrogen-bond acceptors (Lipinski definition) is 5. The number of hydrogen-bond donors (Lipinski definition) is 3. The highest BCUT2D eigenvalue weighted by atomic mass is 16.6. The van der Waals surface area contributed by atoms with Gasteiger partial charge < -0.3 is 21.1 Å². The molecule has 4 amide bonds. The topological polar surface area (TPSA) is 131 Å². The predicted molar refractivity (Wildman–Crippen MR) is 99.5 cm³/mol. The zero-order valence-electron chi connectivity index (χ0n) is 17.0. The van der Waals surface area contributed by atoms with E-state index >= 15 is 0 Å². The van der Waals surface area contributed by atoms with Gasteiger partial charge in [0.1, 0.15) is 23.7 Å². The van der Waals surface area contributed by atoms with Crippen molar-refractivity contribution < 1.29 is 23.9 Å². The SMILES string of the molecule is CC(C)[C@H](NC(=O)[C@@H]1CCCN1C(=O)OC(C)(C)C)C(=O)N[C@H](C)C(N)=O. The number of likely N-dealkylation sites (tertiary alicyclic amines) is 1. The molecule has 3 atom stereocenters. The Balaban J connectivity index is 2.81. The van der Waals surface area contributed by atoms with E-state index in [0.29, 0.717) is 19.4 Å². The van der Waals surface area contributed by atoms with Gasteiger partial charge in [-0.1, -0.05) is 13.8 Å². The fourth-order valence-corrected chi connectivity index (χ4v) is 2.74. The molecule has 0 aromatic rings. The predicted octanol–water partition coefficient (Wildman–Crippen LogP) is 0.517. The summed E-state index contributed by atoms with van der Waals surface area (Å²) < 4.78 is 5.36. The number of amides is 4. The molecule has 0 radical (unpaired) electrons. The second-order valence-corrected chi connectivity index (χ2v) is 8.19. The lowest BCUT2D eigenvalue weighted by Crippen LogP contribution is -2.57. The van der Waals surface area contributed by atoms with Crippen LogP contribution in [0.25, 0.3) is 0 Å². The first-order chi connectivity index (χ1) is 12.3. The molecule has 0 aromatic carbocycles. The van der Waals surface area contributed by atoms with Crippen molar-refractivity contribution in [3.05, 3.63) is 0 Å². The lowest BCUT2D eigenvalue weighted by molar-refractivity contribution is -0.133. The molecule has 9 heteroatoms. The quantitative estimate of drug-likeness (QED) is 0.614. The van der Waals surface area contributed by atoms with E-state index in [1.165, 1.54) is 11.8 Å². The molecule has 0 aromatic heterocycles.